The Morgan fingerprint density at radius 2 is 1.81 bits per heavy atom. The third-order valence-corrected chi connectivity index (χ3v) is 4.62. The number of benzene rings is 2. The average Bonchev–Trinajstić information content (AvgIpc) is 2.72. The first kappa shape index (κ1) is 24.4. The van der Waals surface area contributed by atoms with Crippen molar-refractivity contribution in [1.82, 2.24) is 10.6 Å². The third kappa shape index (κ3) is 7.69. The number of rotatable bonds is 11. The van der Waals surface area contributed by atoms with E-state index in [-0.39, 0.29) is 23.4 Å². The quantitative estimate of drug-likeness (QED) is 0.405. The van der Waals surface area contributed by atoms with Crippen LogP contribution in [0.25, 0.3) is 0 Å². The molecule has 0 heterocycles. The van der Waals surface area contributed by atoms with Crippen LogP contribution < -0.4 is 21.7 Å². The number of hydrogen-bond acceptors (Lipinski definition) is 5. The summed E-state index contributed by atoms with van der Waals surface area (Å²) in [5.41, 5.74) is 5.60. The molecule has 0 aromatic heterocycles. The van der Waals surface area contributed by atoms with E-state index in [1.165, 1.54) is 19.1 Å². The number of anilines is 2. The van der Waals surface area contributed by atoms with Gasteiger partial charge < -0.3 is 21.7 Å². The number of nitrogens with one attached hydrogen (secondary N) is 3. The van der Waals surface area contributed by atoms with Crippen LogP contribution in [-0.4, -0.2) is 37.4 Å². The van der Waals surface area contributed by atoms with Crippen molar-refractivity contribution in [3.05, 3.63) is 59.7 Å². The van der Waals surface area contributed by atoms with E-state index in [1.807, 2.05) is 0 Å². The number of alkyl halides is 3. The molecule has 6 nitrogen and oxygen atoms in total. The molecule has 0 spiro atoms. The molecule has 168 valence electrons. The minimum absolute atomic E-state index is 0.00964. The molecular weight excluding hydrogens is 409 g/mol. The van der Waals surface area contributed by atoms with Gasteiger partial charge in [0.2, 0.25) is 0 Å². The number of ketones is 1. The Bertz CT molecular complexity index is 887. The summed E-state index contributed by atoms with van der Waals surface area (Å²) in [7, 11) is 0. The molecule has 31 heavy (non-hydrogen) atoms. The van der Waals surface area contributed by atoms with E-state index in [9.17, 15) is 22.8 Å². The summed E-state index contributed by atoms with van der Waals surface area (Å²) < 4.78 is 38.8. The van der Waals surface area contributed by atoms with E-state index < -0.39 is 11.7 Å². The standard InChI is InChI=1S/C22H27F3N4O2/c1-15(30)19(27-13-11-26)10-5-12-28-21(31)18-8-2-3-9-20(18)29-17-7-4-6-16(14-17)22(23,24)25/h2-4,6-9,14,19,27,29H,5,10-13,26H2,1H3,(H,28,31). The predicted molar refractivity (Wildman–Crippen MR) is 114 cm³/mol. The summed E-state index contributed by atoms with van der Waals surface area (Å²) in [6, 6.07) is 11.0. The SMILES string of the molecule is CC(=O)C(CCCNC(=O)c1ccccc1Nc1cccc(C(F)(F)F)c1)NCCN. The average molecular weight is 436 g/mol. The number of carbonyl (C=O) groups excluding carboxylic acids is 2. The molecule has 1 amide bonds. The summed E-state index contributed by atoms with van der Waals surface area (Å²) in [6.07, 6.45) is -3.32. The van der Waals surface area contributed by atoms with Crippen LogP contribution in [0.2, 0.25) is 0 Å². The van der Waals surface area contributed by atoms with Crippen molar-refractivity contribution in [2.24, 2.45) is 5.73 Å². The van der Waals surface area contributed by atoms with Crippen molar-refractivity contribution in [3.63, 3.8) is 0 Å². The molecular formula is C22H27F3N4O2. The molecule has 1 atom stereocenters. The fraction of sp³-hybridized carbons (Fsp3) is 0.364. The number of nitrogens with two attached hydrogens (primary N) is 1. The summed E-state index contributed by atoms with van der Waals surface area (Å²) in [6.45, 7) is 2.81. The molecule has 5 N–H and O–H groups in total. The van der Waals surface area contributed by atoms with Crippen molar-refractivity contribution >= 4 is 23.1 Å². The Morgan fingerprint density at radius 1 is 1.06 bits per heavy atom. The summed E-state index contributed by atoms with van der Waals surface area (Å²) >= 11 is 0. The Balaban J connectivity index is 1.98. The monoisotopic (exact) mass is 436 g/mol. The Hall–Kier alpha value is -2.91. The van der Waals surface area contributed by atoms with Crippen LogP contribution in [0.1, 0.15) is 35.7 Å². The zero-order valence-electron chi connectivity index (χ0n) is 17.3. The number of amides is 1. The van der Waals surface area contributed by atoms with Gasteiger partial charge in [-0.1, -0.05) is 18.2 Å². The Labute approximate surface area is 179 Å². The first-order chi connectivity index (χ1) is 14.7. The van der Waals surface area contributed by atoms with Gasteiger partial charge in [0, 0.05) is 25.3 Å². The van der Waals surface area contributed by atoms with Crippen molar-refractivity contribution in [1.29, 1.82) is 0 Å². The first-order valence-electron chi connectivity index (χ1n) is 9.97. The van der Waals surface area contributed by atoms with Crippen LogP contribution in [0.4, 0.5) is 24.5 Å². The van der Waals surface area contributed by atoms with Gasteiger partial charge in [-0.15, -0.1) is 0 Å². The molecule has 0 radical (unpaired) electrons. The van der Waals surface area contributed by atoms with Gasteiger partial charge in [-0.05, 0) is 50.1 Å². The third-order valence-electron chi connectivity index (χ3n) is 4.62. The fourth-order valence-corrected chi connectivity index (χ4v) is 3.03. The smallest absolute Gasteiger partial charge is 0.355 e. The second-order valence-electron chi connectivity index (χ2n) is 7.05. The molecule has 0 saturated heterocycles. The normalized spacial score (nSPS) is 12.3. The highest BCUT2D eigenvalue weighted by Crippen LogP contribution is 2.31. The van der Waals surface area contributed by atoms with Gasteiger partial charge in [0.05, 0.1) is 22.9 Å². The van der Waals surface area contributed by atoms with Gasteiger partial charge in [0.25, 0.3) is 5.91 Å². The topological polar surface area (TPSA) is 96.2 Å². The highest BCUT2D eigenvalue weighted by Gasteiger charge is 2.30. The molecule has 2 rings (SSSR count). The highest BCUT2D eigenvalue weighted by molar-refractivity contribution is 6.00. The van der Waals surface area contributed by atoms with Crippen LogP contribution in [0.15, 0.2) is 48.5 Å². The van der Waals surface area contributed by atoms with Crippen LogP contribution >= 0.6 is 0 Å². The van der Waals surface area contributed by atoms with Gasteiger partial charge in [-0.2, -0.15) is 13.2 Å². The van der Waals surface area contributed by atoms with E-state index in [1.54, 1.807) is 24.3 Å². The molecule has 9 heteroatoms. The van der Waals surface area contributed by atoms with Crippen molar-refractivity contribution in [3.8, 4) is 0 Å². The lowest BCUT2D eigenvalue weighted by molar-refractivity contribution is -0.137. The molecule has 2 aromatic carbocycles. The van der Waals surface area contributed by atoms with E-state index >= 15 is 0 Å². The first-order valence-corrected chi connectivity index (χ1v) is 9.97. The molecule has 0 aliphatic heterocycles. The number of para-hydroxylation sites is 1. The maximum atomic E-state index is 12.9. The van der Waals surface area contributed by atoms with Gasteiger partial charge >= 0.3 is 6.18 Å². The second-order valence-corrected chi connectivity index (χ2v) is 7.05. The maximum absolute atomic E-state index is 12.9. The number of hydrogen-bond donors (Lipinski definition) is 4. The lowest BCUT2D eigenvalue weighted by Gasteiger charge is -2.16. The van der Waals surface area contributed by atoms with E-state index in [2.05, 4.69) is 16.0 Å². The lowest BCUT2D eigenvalue weighted by atomic mass is 10.1. The van der Waals surface area contributed by atoms with Crippen LogP contribution in [0, 0.1) is 0 Å². The molecule has 0 fully saturated rings. The van der Waals surface area contributed by atoms with Gasteiger partial charge in [-0.3, -0.25) is 9.59 Å². The van der Waals surface area contributed by atoms with E-state index in [0.717, 1.165) is 12.1 Å². The Kier molecular flexibility index (Phi) is 9.02. The zero-order valence-corrected chi connectivity index (χ0v) is 17.3. The van der Waals surface area contributed by atoms with Crippen molar-refractivity contribution in [2.75, 3.05) is 25.0 Å². The summed E-state index contributed by atoms with van der Waals surface area (Å²) in [5.74, 6) is -0.347. The number of Topliss-reactive ketones (excluding diaryl/α,β-unsaturated/α-hetero) is 1. The summed E-state index contributed by atoms with van der Waals surface area (Å²) in [4.78, 5) is 24.2. The fourth-order valence-electron chi connectivity index (χ4n) is 3.03. The molecule has 1 unspecified atom stereocenters. The highest BCUT2D eigenvalue weighted by atomic mass is 19.4. The van der Waals surface area contributed by atoms with Gasteiger partial charge in [0.1, 0.15) is 5.78 Å². The van der Waals surface area contributed by atoms with E-state index in [0.29, 0.717) is 43.7 Å². The number of halogens is 3. The minimum atomic E-state index is -4.45. The van der Waals surface area contributed by atoms with Crippen LogP contribution in [-0.2, 0) is 11.0 Å². The predicted octanol–water partition coefficient (Wildman–Crippen LogP) is 3.46. The zero-order chi connectivity index (χ0) is 22.9. The van der Waals surface area contributed by atoms with Crippen LogP contribution in [0.5, 0.6) is 0 Å². The molecule has 0 bridgehead atoms. The molecule has 0 aliphatic rings. The maximum Gasteiger partial charge on any atom is 0.416 e. The largest absolute Gasteiger partial charge is 0.416 e. The van der Waals surface area contributed by atoms with Crippen molar-refractivity contribution in [2.45, 2.75) is 32.0 Å². The number of carbonyl (C=O) groups is 2. The van der Waals surface area contributed by atoms with E-state index in [4.69, 9.17) is 5.73 Å². The van der Waals surface area contributed by atoms with Gasteiger partial charge in [0.15, 0.2) is 0 Å². The molecule has 2 aromatic rings. The Morgan fingerprint density at radius 3 is 2.48 bits per heavy atom. The second kappa shape index (κ2) is 11.5. The molecule has 0 aliphatic carbocycles. The molecule has 0 saturated carbocycles. The van der Waals surface area contributed by atoms with Crippen LogP contribution in [0.3, 0.4) is 0 Å². The lowest BCUT2D eigenvalue weighted by Crippen LogP contribution is -2.39. The van der Waals surface area contributed by atoms with Gasteiger partial charge in [-0.25, -0.2) is 0 Å². The van der Waals surface area contributed by atoms with Crippen molar-refractivity contribution < 1.29 is 22.8 Å². The summed E-state index contributed by atoms with van der Waals surface area (Å²) in [5, 5.41) is 8.74. The minimum Gasteiger partial charge on any atom is -0.355 e.